The van der Waals surface area contributed by atoms with Gasteiger partial charge in [0.2, 0.25) is 0 Å². The van der Waals surface area contributed by atoms with Crippen LogP contribution in [-0.4, -0.2) is 16.9 Å². The fraction of sp³-hybridized carbons (Fsp3) is 0.438. The van der Waals surface area contributed by atoms with Crippen molar-refractivity contribution in [2.24, 2.45) is 5.92 Å². The Morgan fingerprint density at radius 2 is 2.30 bits per heavy atom. The minimum Gasteiger partial charge on any atom is -0.348 e. The molecule has 0 radical (unpaired) electrons. The molecule has 104 valence electrons. The predicted octanol–water partition coefficient (Wildman–Crippen LogP) is 2.68. The van der Waals surface area contributed by atoms with Crippen LogP contribution in [0.15, 0.2) is 30.1 Å². The van der Waals surface area contributed by atoms with Gasteiger partial charge in [0.05, 0.1) is 0 Å². The third kappa shape index (κ3) is 3.67. The number of rotatable bonds is 3. The molecule has 20 heavy (non-hydrogen) atoms. The Bertz CT molecular complexity index is 530. The first-order valence-corrected chi connectivity index (χ1v) is 7.03. The van der Waals surface area contributed by atoms with Crippen molar-refractivity contribution in [1.29, 1.82) is 5.26 Å². The minimum atomic E-state index is -0.282. The molecule has 4 heteroatoms. The molecular formula is C16H19N3O. The predicted molar refractivity (Wildman–Crippen MR) is 77.4 cm³/mol. The maximum absolute atomic E-state index is 12.2. The molecule has 2 atom stereocenters. The fourth-order valence-electron chi connectivity index (χ4n) is 2.55. The number of hydrogen-bond donors (Lipinski definition) is 1. The second kappa shape index (κ2) is 6.85. The molecule has 1 heterocycles. The standard InChI is InChI=1S/C16H19N3O/c1-12-5-2-3-7-15(12)19-16(20)14(10-17)9-13-6-4-8-18-11-13/h4,6,8-9,11-12,15H,2-3,5,7H2,1H3,(H,19,20)/b14-9+. The molecule has 0 aromatic carbocycles. The summed E-state index contributed by atoms with van der Waals surface area (Å²) in [6, 6.07) is 5.76. The van der Waals surface area contributed by atoms with Crippen molar-refractivity contribution in [3.05, 3.63) is 35.7 Å². The summed E-state index contributed by atoms with van der Waals surface area (Å²) < 4.78 is 0. The van der Waals surface area contributed by atoms with Crippen molar-refractivity contribution in [2.75, 3.05) is 0 Å². The van der Waals surface area contributed by atoms with Gasteiger partial charge in [0.25, 0.3) is 5.91 Å². The molecule has 0 spiro atoms. The van der Waals surface area contributed by atoms with Gasteiger partial charge < -0.3 is 5.32 Å². The van der Waals surface area contributed by atoms with E-state index in [0.29, 0.717) is 5.92 Å². The van der Waals surface area contributed by atoms with Crippen molar-refractivity contribution in [2.45, 2.75) is 38.6 Å². The van der Waals surface area contributed by atoms with Gasteiger partial charge in [0, 0.05) is 18.4 Å². The Morgan fingerprint density at radius 1 is 1.50 bits per heavy atom. The smallest absolute Gasteiger partial charge is 0.262 e. The first-order valence-electron chi connectivity index (χ1n) is 7.03. The zero-order valence-electron chi connectivity index (χ0n) is 11.7. The van der Waals surface area contributed by atoms with Gasteiger partial charge in [-0.15, -0.1) is 0 Å². The lowest BCUT2D eigenvalue weighted by Crippen LogP contribution is -2.41. The van der Waals surface area contributed by atoms with Crippen LogP contribution < -0.4 is 5.32 Å². The van der Waals surface area contributed by atoms with Crippen molar-refractivity contribution in [3.63, 3.8) is 0 Å². The number of nitriles is 1. The molecule has 1 aliphatic carbocycles. The molecule has 0 bridgehead atoms. The van der Waals surface area contributed by atoms with Crippen LogP contribution in [0.25, 0.3) is 6.08 Å². The molecule has 4 nitrogen and oxygen atoms in total. The highest BCUT2D eigenvalue weighted by Crippen LogP contribution is 2.24. The van der Waals surface area contributed by atoms with Crippen LogP contribution in [-0.2, 0) is 4.79 Å². The number of amides is 1. The van der Waals surface area contributed by atoms with E-state index < -0.39 is 0 Å². The van der Waals surface area contributed by atoms with E-state index in [0.717, 1.165) is 24.8 Å². The zero-order chi connectivity index (χ0) is 14.4. The highest BCUT2D eigenvalue weighted by atomic mass is 16.1. The van der Waals surface area contributed by atoms with Gasteiger partial charge in [-0.25, -0.2) is 0 Å². The first-order chi connectivity index (χ1) is 9.70. The topological polar surface area (TPSA) is 65.8 Å². The molecule has 1 aromatic heterocycles. The Balaban J connectivity index is 2.06. The molecule has 2 unspecified atom stereocenters. The van der Waals surface area contributed by atoms with Crippen LogP contribution in [0.1, 0.15) is 38.2 Å². The van der Waals surface area contributed by atoms with E-state index >= 15 is 0 Å². The monoisotopic (exact) mass is 269 g/mol. The summed E-state index contributed by atoms with van der Waals surface area (Å²) in [5, 5.41) is 12.1. The largest absolute Gasteiger partial charge is 0.348 e. The molecule has 0 aliphatic heterocycles. The van der Waals surface area contributed by atoms with Crippen molar-refractivity contribution in [3.8, 4) is 6.07 Å². The number of hydrogen-bond acceptors (Lipinski definition) is 3. The molecule has 1 N–H and O–H groups in total. The van der Waals surface area contributed by atoms with Gasteiger partial charge in [0.15, 0.2) is 0 Å². The summed E-state index contributed by atoms with van der Waals surface area (Å²) in [6.45, 7) is 2.15. The number of carbonyl (C=O) groups is 1. The van der Waals surface area contributed by atoms with Crippen LogP contribution in [0.5, 0.6) is 0 Å². The van der Waals surface area contributed by atoms with Crippen LogP contribution in [0.4, 0.5) is 0 Å². The molecule has 2 rings (SSSR count). The molecular weight excluding hydrogens is 250 g/mol. The summed E-state index contributed by atoms with van der Waals surface area (Å²) >= 11 is 0. The van der Waals surface area contributed by atoms with E-state index in [1.165, 1.54) is 6.42 Å². The average Bonchev–Trinajstić information content (AvgIpc) is 2.48. The van der Waals surface area contributed by atoms with E-state index in [1.54, 1.807) is 24.5 Å². The maximum Gasteiger partial charge on any atom is 0.262 e. The second-order valence-corrected chi connectivity index (χ2v) is 5.30. The van der Waals surface area contributed by atoms with Crippen LogP contribution in [0.3, 0.4) is 0 Å². The minimum absolute atomic E-state index is 0.135. The Morgan fingerprint density at radius 3 is 2.95 bits per heavy atom. The lowest BCUT2D eigenvalue weighted by atomic mass is 9.86. The normalized spacial score (nSPS) is 22.9. The first kappa shape index (κ1) is 14.3. The van der Waals surface area contributed by atoms with Crippen molar-refractivity contribution >= 4 is 12.0 Å². The highest BCUT2D eigenvalue weighted by Gasteiger charge is 2.23. The quantitative estimate of drug-likeness (QED) is 0.677. The second-order valence-electron chi connectivity index (χ2n) is 5.30. The maximum atomic E-state index is 12.2. The number of pyridine rings is 1. The Labute approximate surface area is 119 Å². The number of nitrogens with zero attached hydrogens (tertiary/aromatic N) is 2. The van der Waals surface area contributed by atoms with Gasteiger partial charge >= 0.3 is 0 Å². The average molecular weight is 269 g/mol. The number of carbonyl (C=O) groups excluding carboxylic acids is 1. The summed E-state index contributed by atoms with van der Waals surface area (Å²) in [5.41, 5.74) is 0.895. The van der Waals surface area contributed by atoms with Gasteiger partial charge in [0.1, 0.15) is 11.6 Å². The van der Waals surface area contributed by atoms with E-state index in [2.05, 4.69) is 17.2 Å². The zero-order valence-corrected chi connectivity index (χ0v) is 11.7. The van der Waals surface area contributed by atoms with Crippen LogP contribution in [0, 0.1) is 17.2 Å². The van der Waals surface area contributed by atoms with Gasteiger partial charge in [-0.3, -0.25) is 9.78 Å². The van der Waals surface area contributed by atoms with E-state index in [4.69, 9.17) is 5.26 Å². The molecule has 1 aromatic rings. The summed E-state index contributed by atoms with van der Waals surface area (Å²) in [5.74, 6) is 0.195. The van der Waals surface area contributed by atoms with E-state index in [-0.39, 0.29) is 17.5 Å². The van der Waals surface area contributed by atoms with Crippen molar-refractivity contribution < 1.29 is 4.79 Å². The third-order valence-electron chi connectivity index (χ3n) is 3.79. The van der Waals surface area contributed by atoms with Gasteiger partial charge in [-0.05, 0) is 36.5 Å². The lowest BCUT2D eigenvalue weighted by Gasteiger charge is -2.29. The molecule has 1 amide bonds. The van der Waals surface area contributed by atoms with Crippen LogP contribution in [0.2, 0.25) is 0 Å². The SMILES string of the molecule is CC1CCCCC1NC(=O)/C(C#N)=C/c1cccnc1. The van der Waals surface area contributed by atoms with Crippen LogP contribution >= 0.6 is 0 Å². The van der Waals surface area contributed by atoms with E-state index in [1.807, 2.05) is 12.1 Å². The Hall–Kier alpha value is -2.15. The highest BCUT2D eigenvalue weighted by molar-refractivity contribution is 6.01. The van der Waals surface area contributed by atoms with Gasteiger partial charge in [-0.1, -0.05) is 25.8 Å². The number of aromatic nitrogens is 1. The fourth-order valence-corrected chi connectivity index (χ4v) is 2.55. The third-order valence-corrected chi connectivity index (χ3v) is 3.79. The summed E-state index contributed by atoms with van der Waals surface area (Å²) in [4.78, 5) is 16.1. The summed E-state index contributed by atoms with van der Waals surface area (Å²) in [6.07, 6.45) is 9.38. The summed E-state index contributed by atoms with van der Waals surface area (Å²) in [7, 11) is 0. The molecule has 1 aliphatic rings. The van der Waals surface area contributed by atoms with E-state index in [9.17, 15) is 4.79 Å². The van der Waals surface area contributed by atoms with Crippen molar-refractivity contribution in [1.82, 2.24) is 10.3 Å². The van der Waals surface area contributed by atoms with Gasteiger partial charge in [-0.2, -0.15) is 5.26 Å². The molecule has 0 saturated heterocycles. The lowest BCUT2D eigenvalue weighted by molar-refractivity contribution is -0.118. The molecule has 1 saturated carbocycles. The Kier molecular flexibility index (Phi) is 4.89. The molecule has 1 fully saturated rings. The number of nitrogens with one attached hydrogen (secondary N) is 1.